The first-order valence-electron chi connectivity index (χ1n) is 16.6. The predicted molar refractivity (Wildman–Crippen MR) is 198 cm³/mol. The Morgan fingerprint density at radius 3 is 1.67 bits per heavy atom. The minimum atomic E-state index is -0.124. The number of fused-ring (bicyclic) bond motifs is 13. The van der Waals surface area contributed by atoms with Crippen LogP contribution >= 0.6 is 0 Å². The molecule has 0 radical (unpaired) electrons. The van der Waals surface area contributed by atoms with Gasteiger partial charge in [-0.15, -0.1) is 0 Å². The summed E-state index contributed by atoms with van der Waals surface area (Å²) in [5, 5.41) is 16.1. The highest BCUT2D eigenvalue weighted by molar-refractivity contribution is 6.27. The molecule has 216 valence electrons. The number of benzene rings is 9. The average molecular weight is 585 g/mol. The zero-order valence-corrected chi connectivity index (χ0v) is 26.5. The lowest BCUT2D eigenvalue weighted by Gasteiger charge is -2.30. The van der Waals surface area contributed by atoms with Gasteiger partial charge in [0.1, 0.15) is 0 Å². The number of rotatable bonds is 0. The van der Waals surface area contributed by atoms with Gasteiger partial charge in [0.25, 0.3) is 0 Å². The van der Waals surface area contributed by atoms with Crippen LogP contribution in [0.1, 0.15) is 49.9 Å². The van der Waals surface area contributed by atoms with Gasteiger partial charge in [0.05, 0.1) is 0 Å². The van der Waals surface area contributed by atoms with Crippen LogP contribution in [0.25, 0.3) is 86.9 Å². The Balaban J connectivity index is 1.23. The van der Waals surface area contributed by atoms with Crippen LogP contribution in [0.2, 0.25) is 0 Å². The Hall–Kier alpha value is -5.20. The Morgan fingerprint density at radius 2 is 0.913 bits per heavy atom. The first-order valence-corrected chi connectivity index (χ1v) is 16.6. The van der Waals surface area contributed by atoms with E-state index in [4.69, 9.17) is 0 Å². The zero-order valence-electron chi connectivity index (χ0n) is 26.5. The fraction of sp³-hybridized carbons (Fsp3) is 0.130. The van der Waals surface area contributed by atoms with Crippen molar-refractivity contribution in [1.82, 2.24) is 0 Å². The van der Waals surface area contributed by atoms with Crippen LogP contribution in [0.4, 0.5) is 0 Å². The number of hydrogen-bond acceptors (Lipinski definition) is 0. The normalized spacial score (nSPS) is 15.7. The van der Waals surface area contributed by atoms with Gasteiger partial charge in [-0.2, -0.15) is 0 Å². The maximum Gasteiger partial charge on any atom is 0.0162 e. The fourth-order valence-corrected chi connectivity index (χ4v) is 9.82. The van der Waals surface area contributed by atoms with Crippen molar-refractivity contribution >= 4 is 64.6 Å². The van der Waals surface area contributed by atoms with Gasteiger partial charge in [-0.1, -0.05) is 131 Å². The van der Waals surface area contributed by atoms with Crippen LogP contribution in [0.3, 0.4) is 0 Å². The van der Waals surface area contributed by atoms with E-state index >= 15 is 0 Å². The first kappa shape index (κ1) is 25.0. The largest absolute Gasteiger partial charge is 0.0616 e. The second-order valence-electron chi connectivity index (χ2n) is 14.9. The lowest BCUT2D eigenvalue weighted by Crippen LogP contribution is -2.24. The molecule has 0 aromatic heterocycles. The van der Waals surface area contributed by atoms with Crippen LogP contribution in [0.15, 0.2) is 121 Å². The summed E-state index contributed by atoms with van der Waals surface area (Å²) in [7, 11) is 0. The van der Waals surface area contributed by atoms with E-state index in [1.165, 1.54) is 109 Å². The van der Waals surface area contributed by atoms with Gasteiger partial charge in [-0.05, 0) is 127 Å². The van der Waals surface area contributed by atoms with E-state index in [0.717, 1.165) is 0 Å². The van der Waals surface area contributed by atoms with Crippen molar-refractivity contribution in [2.45, 2.75) is 38.5 Å². The van der Waals surface area contributed by atoms with Crippen molar-refractivity contribution in [3.63, 3.8) is 0 Å². The number of hydrogen-bond donors (Lipinski definition) is 0. The van der Waals surface area contributed by atoms with Gasteiger partial charge >= 0.3 is 0 Å². The molecule has 0 unspecified atom stereocenters. The molecule has 9 aromatic carbocycles. The Morgan fingerprint density at radius 1 is 0.348 bits per heavy atom. The van der Waals surface area contributed by atoms with Gasteiger partial charge in [0.2, 0.25) is 0 Å². The maximum atomic E-state index is 2.51. The Labute approximate surface area is 268 Å². The Bertz CT molecular complexity index is 2830. The second kappa shape index (κ2) is 7.95. The van der Waals surface area contributed by atoms with Crippen LogP contribution in [-0.4, -0.2) is 0 Å². The van der Waals surface area contributed by atoms with Gasteiger partial charge in [0.15, 0.2) is 0 Å². The molecule has 46 heavy (non-hydrogen) atoms. The van der Waals surface area contributed by atoms with Crippen molar-refractivity contribution in [2.24, 2.45) is 0 Å². The van der Waals surface area contributed by atoms with E-state index in [2.05, 4.69) is 149 Å². The summed E-state index contributed by atoms with van der Waals surface area (Å²) in [6.07, 6.45) is 0. The summed E-state index contributed by atoms with van der Waals surface area (Å²) in [4.78, 5) is 0. The van der Waals surface area contributed by atoms with E-state index in [1.807, 2.05) is 0 Å². The summed E-state index contributed by atoms with van der Waals surface area (Å²) in [6.45, 7) is 9.84. The molecule has 0 saturated carbocycles. The molecule has 0 heteroatoms. The molecule has 0 amide bonds. The molecule has 0 fully saturated rings. The van der Waals surface area contributed by atoms with E-state index in [0.29, 0.717) is 0 Å². The SMILES string of the molecule is CC1(C)c2ccc3c(ccc4cc5ccccc5cc43)c2-c2ccc3c(c21)C(C)(C)c1cc2ccc4cccc5ccc(c1-3)c2c45. The molecule has 0 spiro atoms. The smallest absolute Gasteiger partial charge is 0.0162 e. The lowest BCUT2D eigenvalue weighted by molar-refractivity contribution is 0.602. The van der Waals surface area contributed by atoms with Crippen LogP contribution in [-0.2, 0) is 10.8 Å². The van der Waals surface area contributed by atoms with Crippen molar-refractivity contribution < 1.29 is 0 Å². The maximum absolute atomic E-state index is 2.51. The van der Waals surface area contributed by atoms with E-state index in [9.17, 15) is 0 Å². The zero-order chi connectivity index (χ0) is 30.7. The minimum Gasteiger partial charge on any atom is -0.0616 e. The van der Waals surface area contributed by atoms with Crippen molar-refractivity contribution in [3.05, 3.63) is 144 Å². The standard InChI is InChI=1S/C46H32/c1-45(2)37-21-20-31-32(16-15-29-22-27-8-5-6-9-28(27)23-36(29)31)41(37)34-18-19-35-42-33-17-14-26-11-7-10-25-12-13-30(40(33)39(25)26)24-38(42)46(3,4)44(35)43(34)45/h5-24H,1-4H3. The van der Waals surface area contributed by atoms with E-state index < -0.39 is 0 Å². The molecule has 0 atom stereocenters. The third kappa shape index (κ3) is 2.80. The van der Waals surface area contributed by atoms with Crippen molar-refractivity contribution in [3.8, 4) is 22.3 Å². The fourth-order valence-electron chi connectivity index (χ4n) is 9.82. The minimum absolute atomic E-state index is 0.117. The molecule has 0 nitrogen and oxygen atoms in total. The highest BCUT2D eigenvalue weighted by Crippen LogP contribution is 2.61. The summed E-state index contributed by atoms with van der Waals surface area (Å²) >= 11 is 0. The molecule has 0 aliphatic heterocycles. The lowest BCUT2D eigenvalue weighted by atomic mass is 9.72. The third-order valence-corrected chi connectivity index (χ3v) is 11.9. The molecular weight excluding hydrogens is 553 g/mol. The predicted octanol–water partition coefficient (Wildman–Crippen LogP) is 12.7. The summed E-state index contributed by atoms with van der Waals surface area (Å²) < 4.78 is 0. The van der Waals surface area contributed by atoms with E-state index in [-0.39, 0.29) is 10.8 Å². The monoisotopic (exact) mass is 584 g/mol. The Kier molecular flexibility index (Phi) is 4.33. The summed E-state index contributed by atoms with van der Waals surface area (Å²) in [6, 6.07) is 46.5. The van der Waals surface area contributed by atoms with Crippen LogP contribution < -0.4 is 0 Å². The first-order chi connectivity index (χ1) is 22.3. The van der Waals surface area contributed by atoms with Gasteiger partial charge in [-0.3, -0.25) is 0 Å². The third-order valence-electron chi connectivity index (χ3n) is 11.9. The van der Waals surface area contributed by atoms with E-state index in [1.54, 1.807) is 0 Å². The second-order valence-corrected chi connectivity index (χ2v) is 14.9. The molecular formula is C46H32. The molecule has 2 aliphatic carbocycles. The molecule has 0 N–H and O–H groups in total. The highest BCUT2D eigenvalue weighted by Gasteiger charge is 2.46. The van der Waals surface area contributed by atoms with Crippen LogP contribution in [0, 0.1) is 0 Å². The topological polar surface area (TPSA) is 0 Å². The van der Waals surface area contributed by atoms with Crippen molar-refractivity contribution in [1.29, 1.82) is 0 Å². The molecule has 0 saturated heterocycles. The quantitative estimate of drug-likeness (QED) is 0.123. The summed E-state index contributed by atoms with van der Waals surface area (Å²) in [5.74, 6) is 0. The molecule has 0 heterocycles. The van der Waals surface area contributed by atoms with Crippen LogP contribution in [0.5, 0.6) is 0 Å². The van der Waals surface area contributed by atoms with Gasteiger partial charge < -0.3 is 0 Å². The highest BCUT2D eigenvalue weighted by atomic mass is 14.5. The molecule has 9 aromatic rings. The average Bonchev–Trinajstić information content (AvgIpc) is 3.45. The van der Waals surface area contributed by atoms with Crippen molar-refractivity contribution in [2.75, 3.05) is 0 Å². The molecule has 2 aliphatic rings. The van der Waals surface area contributed by atoms with Gasteiger partial charge in [0, 0.05) is 10.8 Å². The molecule has 0 bridgehead atoms. The summed E-state index contributed by atoms with van der Waals surface area (Å²) in [5.41, 5.74) is 11.4. The molecule has 11 rings (SSSR count). The van der Waals surface area contributed by atoms with Gasteiger partial charge in [-0.25, -0.2) is 0 Å².